The molecule has 0 aliphatic carbocycles. The first-order valence-electron chi connectivity index (χ1n) is 5.71. The summed E-state index contributed by atoms with van der Waals surface area (Å²) < 4.78 is 38.2. The van der Waals surface area contributed by atoms with Crippen molar-refractivity contribution < 1.29 is 13.2 Å². The molecule has 0 saturated carbocycles. The molecule has 0 amide bonds. The van der Waals surface area contributed by atoms with Gasteiger partial charge in [-0.05, 0) is 31.5 Å². The number of alkyl halides is 3. The molecular weight excluding hydrogens is 229 g/mol. The fourth-order valence-electron chi connectivity index (χ4n) is 2.05. The molecule has 1 fully saturated rings. The molecule has 0 spiro atoms. The zero-order valence-electron chi connectivity index (χ0n) is 9.35. The van der Waals surface area contributed by atoms with Crippen LogP contribution in [0.3, 0.4) is 0 Å². The van der Waals surface area contributed by atoms with E-state index in [0.29, 0.717) is 6.54 Å². The summed E-state index contributed by atoms with van der Waals surface area (Å²) in [5, 5.41) is 6.14. The molecule has 1 saturated heterocycles. The van der Waals surface area contributed by atoms with Gasteiger partial charge in [-0.25, -0.2) is 0 Å². The summed E-state index contributed by atoms with van der Waals surface area (Å²) in [6.45, 7) is 1.66. The Balaban J connectivity index is 2.14. The number of hydrogen-bond acceptors (Lipinski definition) is 2. The Kier molecular flexibility index (Phi) is 3.57. The number of rotatable bonds is 2. The Labute approximate surface area is 98.2 Å². The summed E-state index contributed by atoms with van der Waals surface area (Å²) in [7, 11) is 0. The maximum Gasteiger partial charge on any atom is 0.418 e. The van der Waals surface area contributed by atoms with Crippen LogP contribution < -0.4 is 10.6 Å². The fourth-order valence-corrected chi connectivity index (χ4v) is 2.05. The van der Waals surface area contributed by atoms with Gasteiger partial charge in [-0.2, -0.15) is 13.2 Å². The van der Waals surface area contributed by atoms with Crippen molar-refractivity contribution in [1.29, 1.82) is 0 Å². The lowest BCUT2D eigenvalue weighted by molar-refractivity contribution is -0.137. The van der Waals surface area contributed by atoms with Crippen molar-refractivity contribution in [2.75, 3.05) is 18.4 Å². The van der Waals surface area contributed by atoms with E-state index in [4.69, 9.17) is 0 Å². The van der Waals surface area contributed by atoms with Gasteiger partial charge < -0.3 is 10.6 Å². The number of piperidine rings is 1. The first-order chi connectivity index (χ1) is 8.07. The average molecular weight is 244 g/mol. The second kappa shape index (κ2) is 4.96. The standard InChI is InChI=1S/C12H15F3N2/c13-12(14,15)10-5-1-2-6-11(10)17-9-4-3-7-16-8-9/h1-2,5-6,9,16-17H,3-4,7-8H2. The zero-order valence-corrected chi connectivity index (χ0v) is 9.35. The van der Waals surface area contributed by atoms with Crippen molar-refractivity contribution in [3.8, 4) is 0 Å². The van der Waals surface area contributed by atoms with E-state index in [-0.39, 0.29) is 11.7 Å². The Hall–Kier alpha value is -1.23. The van der Waals surface area contributed by atoms with E-state index in [1.807, 2.05) is 0 Å². The zero-order chi connectivity index (χ0) is 12.3. The summed E-state index contributed by atoms with van der Waals surface area (Å²) in [5.41, 5.74) is -0.417. The maximum absolute atomic E-state index is 12.7. The number of para-hydroxylation sites is 1. The minimum Gasteiger partial charge on any atom is -0.381 e. The Morgan fingerprint density at radius 2 is 2.00 bits per heavy atom. The highest BCUT2D eigenvalue weighted by Crippen LogP contribution is 2.35. The molecule has 17 heavy (non-hydrogen) atoms. The number of nitrogens with one attached hydrogen (secondary N) is 2. The van der Waals surface area contributed by atoms with Crippen LogP contribution in [0.25, 0.3) is 0 Å². The van der Waals surface area contributed by atoms with Gasteiger partial charge in [-0.1, -0.05) is 12.1 Å². The highest BCUT2D eigenvalue weighted by molar-refractivity contribution is 5.53. The van der Waals surface area contributed by atoms with E-state index >= 15 is 0 Å². The fraction of sp³-hybridized carbons (Fsp3) is 0.500. The second-order valence-electron chi connectivity index (χ2n) is 4.23. The predicted octanol–water partition coefficient (Wildman–Crippen LogP) is 2.87. The van der Waals surface area contributed by atoms with Crippen LogP contribution in [-0.4, -0.2) is 19.1 Å². The van der Waals surface area contributed by atoms with Crippen molar-refractivity contribution in [3.63, 3.8) is 0 Å². The molecular formula is C12H15F3N2. The Morgan fingerprint density at radius 3 is 2.65 bits per heavy atom. The van der Waals surface area contributed by atoms with E-state index < -0.39 is 11.7 Å². The van der Waals surface area contributed by atoms with Crippen LogP contribution in [0, 0.1) is 0 Å². The molecule has 1 aromatic rings. The van der Waals surface area contributed by atoms with Gasteiger partial charge in [-0.15, -0.1) is 0 Å². The van der Waals surface area contributed by atoms with Crippen LogP contribution in [0.4, 0.5) is 18.9 Å². The Morgan fingerprint density at radius 1 is 1.24 bits per heavy atom. The van der Waals surface area contributed by atoms with Crippen LogP contribution in [0.2, 0.25) is 0 Å². The van der Waals surface area contributed by atoms with E-state index in [9.17, 15) is 13.2 Å². The van der Waals surface area contributed by atoms with E-state index in [1.54, 1.807) is 6.07 Å². The van der Waals surface area contributed by atoms with Crippen LogP contribution in [0.1, 0.15) is 18.4 Å². The molecule has 0 aromatic heterocycles. The van der Waals surface area contributed by atoms with E-state index in [1.165, 1.54) is 12.1 Å². The number of benzene rings is 1. The summed E-state index contributed by atoms with van der Waals surface area (Å²) in [4.78, 5) is 0. The topological polar surface area (TPSA) is 24.1 Å². The molecule has 0 bridgehead atoms. The molecule has 1 aromatic carbocycles. The minimum absolute atomic E-state index is 0.0762. The lowest BCUT2D eigenvalue weighted by Gasteiger charge is -2.26. The smallest absolute Gasteiger partial charge is 0.381 e. The normalized spacial score (nSPS) is 21.2. The van der Waals surface area contributed by atoms with E-state index in [0.717, 1.165) is 25.5 Å². The molecule has 94 valence electrons. The molecule has 2 rings (SSSR count). The minimum atomic E-state index is -4.30. The third-order valence-electron chi connectivity index (χ3n) is 2.89. The molecule has 0 radical (unpaired) electrons. The number of hydrogen-bond donors (Lipinski definition) is 2. The lowest BCUT2D eigenvalue weighted by atomic mass is 10.1. The van der Waals surface area contributed by atoms with E-state index in [2.05, 4.69) is 10.6 Å². The molecule has 1 aliphatic heterocycles. The SMILES string of the molecule is FC(F)(F)c1ccccc1NC1CCCNC1. The lowest BCUT2D eigenvalue weighted by Crippen LogP contribution is -2.38. The van der Waals surface area contributed by atoms with Gasteiger partial charge in [0.15, 0.2) is 0 Å². The molecule has 1 atom stereocenters. The van der Waals surface area contributed by atoms with Gasteiger partial charge in [0.05, 0.1) is 5.56 Å². The summed E-state index contributed by atoms with van der Waals surface area (Å²) in [6, 6.07) is 5.70. The van der Waals surface area contributed by atoms with Crippen molar-refractivity contribution in [3.05, 3.63) is 29.8 Å². The van der Waals surface area contributed by atoms with Gasteiger partial charge in [0.25, 0.3) is 0 Å². The van der Waals surface area contributed by atoms with Gasteiger partial charge >= 0.3 is 6.18 Å². The van der Waals surface area contributed by atoms with Crippen molar-refractivity contribution in [2.24, 2.45) is 0 Å². The third kappa shape index (κ3) is 3.12. The highest BCUT2D eigenvalue weighted by atomic mass is 19.4. The molecule has 2 N–H and O–H groups in total. The quantitative estimate of drug-likeness (QED) is 0.836. The Bertz CT molecular complexity index is 370. The van der Waals surface area contributed by atoms with Gasteiger partial charge in [0, 0.05) is 18.3 Å². The first kappa shape index (κ1) is 12.2. The first-order valence-corrected chi connectivity index (χ1v) is 5.71. The van der Waals surface area contributed by atoms with Crippen LogP contribution in [0.5, 0.6) is 0 Å². The number of halogens is 3. The van der Waals surface area contributed by atoms with Crippen molar-refractivity contribution >= 4 is 5.69 Å². The summed E-state index contributed by atoms with van der Waals surface area (Å²) in [5.74, 6) is 0. The second-order valence-corrected chi connectivity index (χ2v) is 4.23. The number of anilines is 1. The maximum atomic E-state index is 12.7. The van der Waals surface area contributed by atoms with Gasteiger partial charge in [-0.3, -0.25) is 0 Å². The largest absolute Gasteiger partial charge is 0.418 e. The van der Waals surface area contributed by atoms with Crippen molar-refractivity contribution in [2.45, 2.75) is 25.1 Å². The van der Waals surface area contributed by atoms with Crippen LogP contribution >= 0.6 is 0 Å². The average Bonchev–Trinajstić information content (AvgIpc) is 2.30. The molecule has 1 aliphatic rings. The molecule has 1 unspecified atom stereocenters. The van der Waals surface area contributed by atoms with Gasteiger partial charge in [0.1, 0.15) is 0 Å². The van der Waals surface area contributed by atoms with Gasteiger partial charge in [0.2, 0.25) is 0 Å². The summed E-state index contributed by atoms with van der Waals surface area (Å²) >= 11 is 0. The highest BCUT2D eigenvalue weighted by Gasteiger charge is 2.33. The molecule has 2 nitrogen and oxygen atoms in total. The van der Waals surface area contributed by atoms with Crippen LogP contribution in [0.15, 0.2) is 24.3 Å². The predicted molar refractivity (Wildman–Crippen MR) is 61.0 cm³/mol. The monoisotopic (exact) mass is 244 g/mol. The summed E-state index contributed by atoms with van der Waals surface area (Å²) in [6.07, 6.45) is -2.41. The van der Waals surface area contributed by atoms with Crippen LogP contribution in [-0.2, 0) is 6.18 Å². The third-order valence-corrected chi connectivity index (χ3v) is 2.89. The molecule has 5 heteroatoms. The van der Waals surface area contributed by atoms with Crippen molar-refractivity contribution in [1.82, 2.24) is 5.32 Å². The molecule has 1 heterocycles.